The van der Waals surface area contributed by atoms with Crippen molar-refractivity contribution in [2.45, 2.75) is 45.2 Å². The second-order valence-corrected chi connectivity index (χ2v) is 9.21. The molecule has 0 radical (unpaired) electrons. The number of nitrogens with one attached hydrogen (secondary N) is 1. The number of carbonyl (C=O) groups is 2. The Bertz CT molecular complexity index is 1410. The molecule has 10 heteroatoms. The van der Waals surface area contributed by atoms with Crippen LogP contribution in [0.15, 0.2) is 42.7 Å². The first-order chi connectivity index (χ1) is 16.9. The van der Waals surface area contributed by atoms with Gasteiger partial charge in [0.05, 0.1) is 24.9 Å². The van der Waals surface area contributed by atoms with Gasteiger partial charge in [-0.25, -0.2) is 4.98 Å². The number of nitrogens with zero attached hydrogens (tertiary/aromatic N) is 6. The molecule has 1 saturated carbocycles. The topological polar surface area (TPSA) is 107 Å². The summed E-state index contributed by atoms with van der Waals surface area (Å²) in [5.74, 6) is 1.18. The second kappa shape index (κ2) is 9.01. The van der Waals surface area contributed by atoms with Crippen LogP contribution < -0.4 is 10.1 Å². The predicted octanol–water partition coefficient (Wildman–Crippen LogP) is 3.55. The van der Waals surface area contributed by atoms with E-state index in [1.54, 1.807) is 37.0 Å². The number of imidazole rings is 1. The lowest BCUT2D eigenvalue weighted by Gasteiger charge is -2.38. The summed E-state index contributed by atoms with van der Waals surface area (Å²) >= 11 is 0. The summed E-state index contributed by atoms with van der Waals surface area (Å²) < 4.78 is 8.85. The van der Waals surface area contributed by atoms with E-state index in [2.05, 4.69) is 22.3 Å². The maximum Gasteiger partial charge on any atom is 0.275 e. The zero-order valence-corrected chi connectivity index (χ0v) is 20.3. The van der Waals surface area contributed by atoms with Gasteiger partial charge in [-0.3, -0.25) is 14.3 Å². The van der Waals surface area contributed by atoms with Gasteiger partial charge in [0.1, 0.15) is 11.4 Å². The molecule has 5 rings (SSSR count). The average Bonchev–Trinajstić information content (AvgIpc) is 3.44. The van der Waals surface area contributed by atoms with Crippen LogP contribution in [0.2, 0.25) is 0 Å². The Hall–Kier alpha value is -3.95. The summed E-state index contributed by atoms with van der Waals surface area (Å²) in [6.45, 7) is 3.76. The molecule has 3 aromatic heterocycles. The van der Waals surface area contributed by atoms with Gasteiger partial charge in [-0.2, -0.15) is 14.7 Å². The predicted molar refractivity (Wildman–Crippen MR) is 132 cm³/mol. The molecule has 0 aliphatic heterocycles. The molecule has 10 nitrogen and oxygen atoms in total. The van der Waals surface area contributed by atoms with Crippen molar-refractivity contribution < 1.29 is 14.3 Å². The normalized spacial score (nSPS) is 20.2. The number of aromatic nitrogens is 5. The number of fused-ring (bicyclic) bond motifs is 2. The molecule has 3 atom stereocenters. The quantitative estimate of drug-likeness (QED) is 0.473. The number of ether oxygens (including phenoxy) is 1. The molecule has 35 heavy (non-hydrogen) atoms. The van der Waals surface area contributed by atoms with Crippen LogP contribution in [0.1, 0.15) is 49.6 Å². The van der Waals surface area contributed by atoms with Gasteiger partial charge in [0.25, 0.3) is 5.91 Å². The standard InChI is InChI=1S/C25H29N7O3/c1-15-12-17(30(3)16(2)33)7-10-21(15)31-24(19-9-8-18(35-4)13-20(19)29-31)25(34)28-23-14-26-22-6-5-11-27-32(22)23/h5-6,8-9,11,13-15,17,21H,7,10,12H2,1-4H3,(H,28,34)/t15-,17+,21-/m0/s1. The highest BCUT2D eigenvalue weighted by atomic mass is 16.5. The Labute approximate surface area is 202 Å². The summed E-state index contributed by atoms with van der Waals surface area (Å²) in [6.07, 6.45) is 5.75. The third-order valence-corrected chi connectivity index (χ3v) is 7.09. The van der Waals surface area contributed by atoms with Crippen molar-refractivity contribution in [1.82, 2.24) is 29.3 Å². The molecule has 4 aromatic rings. The van der Waals surface area contributed by atoms with E-state index < -0.39 is 0 Å². The Morgan fingerprint density at radius 3 is 2.80 bits per heavy atom. The molecular weight excluding hydrogens is 446 g/mol. The summed E-state index contributed by atoms with van der Waals surface area (Å²) in [6, 6.07) is 9.38. The highest BCUT2D eigenvalue weighted by Crippen LogP contribution is 2.38. The molecule has 3 heterocycles. The molecular formula is C25H29N7O3. The van der Waals surface area contributed by atoms with Crippen molar-refractivity contribution in [2.75, 3.05) is 19.5 Å². The van der Waals surface area contributed by atoms with E-state index in [0.717, 1.165) is 24.6 Å². The molecule has 0 unspecified atom stereocenters. The smallest absolute Gasteiger partial charge is 0.275 e. The van der Waals surface area contributed by atoms with Gasteiger partial charge in [-0.15, -0.1) is 0 Å². The largest absolute Gasteiger partial charge is 0.497 e. The molecule has 0 saturated heterocycles. The number of methoxy groups -OCH3 is 1. The fraction of sp³-hybridized carbons (Fsp3) is 0.400. The van der Waals surface area contributed by atoms with Crippen molar-refractivity contribution >= 4 is 34.2 Å². The molecule has 1 aliphatic carbocycles. The van der Waals surface area contributed by atoms with Crippen molar-refractivity contribution in [1.29, 1.82) is 0 Å². The molecule has 2 amide bonds. The number of hydrogen-bond acceptors (Lipinski definition) is 6. The third-order valence-electron chi connectivity index (χ3n) is 7.09. The average molecular weight is 476 g/mol. The van der Waals surface area contributed by atoms with Gasteiger partial charge < -0.3 is 15.0 Å². The fourth-order valence-corrected chi connectivity index (χ4v) is 5.09. The van der Waals surface area contributed by atoms with Crippen molar-refractivity contribution in [3.63, 3.8) is 0 Å². The van der Waals surface area contributed by atoms with E-state index in [1.165, 1.54) is 0 Å². The monoisotopic (exact) mass is 475 g/mol. The number of amides is 2. The minimum absolute atomic E-state index is 0.0195. The summed E-state index contributed by atoms with van der Waals surface area (Å²) in [4.78, 5) is 31.7. The van der Waals surface area contributed by atoms with Gasteiger partial charge in [0.15, 0.2) is 11.5 Å². The number of rotatable bonds is 5. The number of hydrogen-bond donors (Lipinski definition) is 1. The lowest BCUT2D eigenvalue weighted by molar-refractivity contribution is -0.130. The van der Waals surface area contributed by atoms with Gasteiger partial charge in [-0.1, -0.05) is 6.92 Å². The highest BCUT2D eigenvalue weighted by Gasteiger charge is 2.35. The first-order valence-electron chi connectivity index (χ1n) is 11.8. The Kier molecular flexibility index (Phi) is 5.88. The highest BCUT2D eigenvalue weighted by molar-refractivity contribution is 6.11. The second-order valence-electron chi connectivity index (χ2n) is 9.21. The maximum absolute atomic E-state index is 13.7. The number of benzene rings is 1. The fourth-order valence-electron chi connectivity index (χ4n) is 5.09. The maximum atomic E-state index is 13.7. The summed E-state index contributed by atoms with van der Waals surface area (Å²) in [7, 11) is 3.47. The van der Waals surface area contributed by atoms with E-state index >= 15 is 0 Å². The van der Waals surface area contributed by atoms with Gasteiger partial charge >= 0.3 is 0 Å². The molecule has 1 aromatic carbocycles. The Morgan fingerprint density at radius 2 is 2.06 bits per heavy atom. The van der Waals surface area contributed by atoms with Crippen LogP contribution in [-0.4, -0.2) is 61.3 Å². The van der Waals surface area contributed by atoms with Crippen molar-refractivity contribution in [3.8, 4) is 5.75 Å². The Balaban J connectivity index is 1.52. The van der Waals surface area contributed by atoms with Crippen LogP contribution in [0, 0.1) is 5.92 Å². The van der Waals surface area contributed by atoms with E-state index in [4.69, 9.17) is 9.84 Å². The van der Waals surface area contributed by atoms with Crippen LogP contribution in [0.3, 0.4) is 0 Å². The zero-order valence-electron chi connectivity index (χ0n) is 20.3. The van der Waals surface area contributed by atoms with Crippen LogP contribution in [0.4, 0.5) is 5.82 Å². The third kappa shape index (κ3) is 4.09. The van der Waals surface area contributed by atoms with E-state index in [9.17, 15) is 9.59 Å². The van der Waals surface area contributed by atoms with E-state index in [-0.39, 0.29) is 29.8 Å². The van der Waals surface area contributed by atoms with E-state index in [0.29, 0.717) is 28.4 Å². The molecule has 1 aliphatic rings. The Morgan fingerprint density at radius 1 is 1.23 bits per heavy atom. The SMILES string of the molecule is COc1ccc2c(C(=O)Nc3cnc4cccnn34)n([C@H]3CC[C@@H](N(C)C(C)=O)C[C@@H]3C)nc2c1. The first-order valence-corrected chi connectivity index (χ1v) is 11.8. The van der Waals surface area contributed by atoms with Crippen LogP contribution in [0.5, 0.6) is 5.75 Å². The first kappa shape index (κ1) is 22.8. The summed E-state index contributed by atoms with van der Waals surface area (Å²) in [5, 5.41) is 12.9. The lowest BCUT2D eigenvalue weighted by atomic mass is 9.82. The molecule has 0 bridgehead atoms. The van der Waals surface area contributed by atoms with Gasteiger partial charge in [-0.05, 0) is 49.4 Å². The minimum atomic E-state index is -0.278. The van der Waals surface area contributed by atoms with Crippen molar-refractivity contribution in [3.05, 3.63) is 48.4 Å². The molecule has 1 fully saturated rings. The van der Waals surface area contributed by atoms with E-state index in [1.807, 2.05) is 40.9 Å². The van der Waals surface area contributed by atoms with Crippen LogP contribution in [-0.2, 0) is 4.79 Å². The van der Waals surface area contributed by atoms with Gasteiger partial charge in [0.2, 0.25) is 5.91 Å². The van der Waals surface area contributed by atoms with Crippen LogP contribution in [0.25, 0.3) is 16.6 Å². The van der Waals surface area contributed by atoms with Crippen molar-refractivity contribution in [2.24, 2.45) is 5.92 Å². The van der Waals surface area contributed by atoms with Crippen LogP contribution >= 0.6 is 0 Å². The molecule has 0 spiro atoms. The zero-order chi connectivity index (χ0) is 24.7. The lowest BCUT2D eigenvalue weighted by Crippen LogP contribution is -2.41. The molecule has 182 valence electrons. The van der Waals surface area contributed by atoms with Gasteiger partial charge in [0, 0.05) is 37.7 Å². The number of carbonyl (C=O) groups excluding carboxylic acids is 2. The summed E-state index contributed by atoms with van der Waals surface area (Å²) in [5.41, 5.74) is 1.83. The number of anilines is 1. The molecule has 1 N–H and O–H groups in total. The minimum Gasteiger partial charge on any atom is -0.497 e.